The van der Waals surface area contributed by atoms with Crippen LogP contribution in [0.1, 0.15) is 0 Å². The van der Waals surface area contributed by atoms with Crippen LogP contribution in [0.2, 0.25) is 0 Å². The van der Waals surface area contributed by atoms with Gasteiger partial charge in [-0.25, -0.2) is 4.98 Å². The van der Waals surface area contributed by atoms with Crippen LogP contribution in [-0.4, -0.2) is 15.4 Å². The number of nitrogens with one attached hydrogen (secondary N) is 1. The molecule has 0 unspecified atom stereocenters. The molecule has 7 N–H and O–H groups in total. The van der Waals surface area contributed by atoms with Crippen molar-refractivity contribution in [3.63, 3.8) is 0 Å². The number of hydrazine groups is 1. The van der Waals surface area contributed by atoms with E-state index in [-0.39, 0.29) is 5.48 Å². The van der Waals surface area contributed by atoms with Gasteiger partial charge in [-0.05, 0) is 12.1 Å². The number of nitrogens with zero attached hydrogens (tertiary/aromatic N) is 1. The molecule has 0 spiro atoms. The molecule has 0 atom stereocenters. The number of hydrogen-bond donors (Lipinski definition) is 3. The van der Waals surface area contributed by atoms with E-state index in [1.807, 2.05) is 24.3 Å². The van der Waals surface area contributed by atoms with Gasteiger partial charge in [-0.1, -0.05) is 12.1 Å². The lowest BCUT2D eigenvalue weighted by Gasteiger charge is -1.81. The Morgan fingerprint density at radius 2 is 1.83 bits per heavy atom. The van der Waals surface area contributed by atoms with Crippen molar-refractivity contribution in [2.45, 2.75) is 0 Å². The Labute approximate surface area is 69.7 Å². The summed E-state index contributed by atoms with van der Waals surface area (Å²) in [6.07, 6.45) is 1.70. The van der Waals surface area contributed by atoms with E-state index in [1.165, 1.54) is 0 Å². The first-order valence-corrected chi connectivity index (χ1v) is 3.18. The molecule has 0 saturated heterocycles. The van der Waals surface area contributed by atoms with Crippen LogP contribution in [0.15, 0.2) is 30.6 Å². The lowest BCUT2D eigenvalue weighted by atomic mass is 10.3. The fourth-order valence-electron chi connectivity index (χ4n) is 0.880. The van der Waals surface area contributed by atoms with E-state index in [0.29, 0.717) is 0 Å². The predicted octanol–water partition coefficient (Wildman–Crippen LogP) is -0.443. The molecule has 0 radical (unpaired) electrons. The third-order valence-electron chi connectivity index (χ3n) is 1.33. The van der Waals surface area contributed by atoms with E-state index in [1.54, 1.807) is 6.33 Å². The Bertz CT molecular complexity index is 289. The second kappa shape index (κ2) is 5.25. The Kier molecular flexibility index (Phi) is 4.62. The van der Waals surface area contributed by atoms with E-state index in [4.69, 9.17) is 0 Å². The van der Waals surface area contributed by atoms with Crippen LogP contribution in [0, 0.1) is 0 Å². The lowest BCUT2D eigenvalue weighted by Crippen LogP contribution is -2.02. The Morgan fingerprint density at radius 3 is 2.50 bits per heavy atom. The van der Waals surface area contributed by atoms with Crippen molar-refractivity contribution in [2.24, 2.45) is 11.7 Å². The van der Waals surface area contributed by atoms with Crippen LogP contribution in [-0.2, 0) is 0 Å². The molecule has 2 aromatic rings. The number of H-pyrrole nitrogens is 1. The maximum absolute atomic E-state index is 4.06. The number of benzene rings is 1. The summed E-state index contributed by atoms with van der Waals surface area (Å²) in [6, 6.07) is 7.94. The monoisotopic (exact) mass is 168 g/mol. The standard InChI is InChI=1S/C7H6N2.H4N2.H2O/c1-2-4-7-6(3-1)8-5-9-7;1-2;/h1-5H,(H,8,9);1-2H2;1H2. The van der Waals surface area contributed by atoms with Gasteiger partial charge in [-0.3, -0.25) is 11.7 Å². The van der Waals surface area contributed by atoms with E-state index in [0.717, 1.165) is 11.0 Å². The van der Waals surface area contributed by atoms with E-state index in [2.05, 4.69) is 21.7 Å². The highest BCUT2D eigenvalue weighted by molar-refractivity contribution is 5.73. The quantitative estimate of drug-likeness (QED) is 0.366. The summed E-state index contributed by atoms with van der Waals surface area (Å²) in [7, 11) is 0. The topological polar surface area (TPSA) is 112 Å². The number of hydrogen-bond acceptors (Lipinski definition) is 3. The smallest absolute Gasteiger partial charge is 0.0931 e. The molecule has 5 heteroatoms. The number of rotatable bonds is 0. The van der Waals surface area contributed by atoms with Crippen molar-refractivity contribution >= 4 is 11.0 Å². The highest BCUT2D eigenvalue weighted by Gasteiger charge is 1.88. The van der Waals surface area contributed by atoms with Gasteiger partial charge in [0, 0.05) is 0 Å². The molecule has 0 aliphatic rings. The van der Waals surface area contributed by atoms with Crippen LogP contribution in [0.25, 0.3) is 11.0 Å². The van der Waals surface area contributed by atoms with Crippen molar-refractivity contribution in [1.82, 2.24) is 9.97 Å². The average Bonchev–Trinajstić information content (AvgIpc) is 2.55. The second-order valence-electron chi connectivity index (χ2n) is 1.92. The zero-order valence-corrected chi connectivity index (χ0v) is 6.49. The number of fused-ring (bicyclic) bond motifs is 1. The molecule has 0 aliphatic carbocycles. The van der Waals surface area contributed by atoms with E-state index >= 15 is 0 Å². The molecule has 1 heterocycles. The zero-order valence-electron chi connectivity index (χ0n) is 6.49. The highest BCUT2D eigenvalue weighted by atomic mass is 16.0. The van der Waals surface area contributed by atoms with Crippen molar-refractivity contribution in [2.75, 3.05) is 0 Å². The maximum Gasteiger partial charge on any atom is 0.0931 e. The minimum atomic E-state index is 0. The first kappa shape index (κ1) is 10.6. The van der Waals surface area contributed by atoms with E-state index in [9.17, 15) is 0 Å². The summed E-state index contributed by atoms with van der Waals surface area (Å²) >= 11 is 0. The number of aromatic nitrogens is 2. The van der Waals surface area contributed by atoms with Gasteiger partial charge in [0.15, 0.2) is 0 Å². The molecular formula is C7H12N4O. The van der Waals surface area contributed by atoms with Crippen molar-refractivity contribution in [1.29, 1.82) is 0 Å². The third kappa shape index (κ3) is 2.03. The van der Waals surface area contributed by atoms with Gasteiger partial charge < -0.3 is 10.5 Å². The van der Waals surface area contributed by atoms with Crippen LogP contribution >= 0.6 is 0 Å². The van der Waals surface area contributed by atoms with Crippen LogP contribution in [0.5, 0.6) is 0 Å². The molecule has 5 nitrogen and oxygen atoms in total. The summed E-state index contributed by atoms with van der Waals surface area (Å²) in [6.45, 7) is 0. The van der Waals surface area contributed by atoms with Gasteiger partial charge in [-0.2, -0.15) is 0 Å². The molecule has 0 amide bonds. The molecule has 66 valence electrons. The van der Waals surface area contributed by atoms with Crippen molar-refractivity contribution in [3.05, 3.63) is 30.6 Å². The van der Waals surface area contributed by atoms with Crippen LogP contribution in [0.4, 0.5) is 0 Å². The summed E-state index contributed by atoms with van der Waals surface area (Å²) < 4.78 is 0. The summed E-state index contributed by atoms with van der Waals surface area (Å²) in [4.78, 5) is 7.07. The van der Waals surface area contributed by atoms with Gasteiger partial charge in [0.25, 0.3) is 0 Å². The number of nitrogens with two attached hydrogens (primary N) is 2. The van der Waals surface area contributed by atoms with Crippen LogP contribution < -0.4 is 11.7 Å². The van der Waals surface area contributed by atoms with E-state index < -0.39 is 0 Å². The van der Waals surface area contributed by atoms with Gasteiger partial charge in [-0.15, -0.1) is 0 Å². The minimum Gasteiger partial charge on any atom is -0.412 e. The fourth-order valence-corrected chi connectivity index (χ4v) is 0.880. The lowest BCUT2D eigenvalue weighted by molar-refractivity contribution is 0.824. The van der Waals surface area contributed by atoms with Crippen molar-refractivity contribution < 1.29 is 5.48 Å². The minimum absolute atomic E-state index is 0. The molecule has 0 bridgehead atoms. The average molecular weight is 168 g/mol. The molecule has 0 fully saturated rings. The maximum atomic E-state index is 4.06. The third-order valence-corrected chi connectivity index (χ3v) is 1.33. The Hall–Kier alpha value is -1.43. The molecule has 12 heavy (non-hydrogen) atoms. The first-order chi connectivity index (χ1) is 5.47. The van der Waals surface area contributed by atoms with Gasteiger partial charge in [0.2, 0.25) is 0 Å². The van der Waals surface area contributed by atoms with Gasteiger partial charge in [0.05, 0.1) is 17.4 Å². The summed E-state index contributed by atoms with van der Waals surface area (Å²) in [5.74, 6) is 8.00. The predicted molar refractivity (Wildman–Crippen MR) is 48.1 cm³/mol. The molecule has 0 saturated carbocycles. The molecule has 1 aromatic carbocycles. The largest absolute Gasteiger partial charge is 0.412 e. The molecular weight excluding hydrogens is 156 g/mol. The second-order valence-corrected chi connectivity index (χ2v) is 1.92. The van der Waals surface area contributed by atoms with Gasteiger partial charge >= 0.3 is 0 Å². The van der Waals surface area contributed by atoms with Crippen molar-refractivity contribution in [3.8, 4) is 0 Å². The zero-order chi connectivity index (χ0) is 8.10. The molecule has 2 rings (SSSR count). The summed E-state index contributed by atoms with van der Waals surface area (Å²) in [5, 5.41) is 0. The SMILES string of the molecule is NN.O.c1ccc2[nH]cnc2c1. The normalized spacial score (nSPS) is 8.17. The molecule has 0 aliphatic heterocycles. The highest BCUT2D eigenvalue weighted by Crippen LogP contribution is 2.05. The fraction of sp³-hybridized carbons (Fsp3) is 0. The molecule has 1 aromatic heterocycles. The Morgan fingerprint density at radius 1 is 1.17 bits per heavy atom. The Balaban J connectivity index is 0.000000378. The number of para-hydroxylation sites is 2. The summed E-state index contributed by atoms with van der Waals surface area (Å²) in [5.41, 5.74) is 2.12. The number of aromatic amines is 1. The number of imidazole rings is 1. The van der Waals surface area contributed by atoms with Gasteiger partial charge in [0.1, 0.15) is 0 Å². The van der Waals surface area contributed by atoms with Crippen LogP contribution in [0.3, 0.4) is 0 Å². The first-order valence-electron chi connectivity index (χ1n) is 3.18.